The van der Waals surface area contributed by atoms with Gasteiger partial charge in [-0.3, -0.25) is 19.3 Å². The molecule has 1 fully saturated rings. The highest BCUT2D eigenvalue weighted by Gasteiger charge is 2.43. The van der Waals surface area contributed by atoms with Crippen LogP contribution in [0.4, 0.5) is 11.4 Å². The van der Waals surface area contributed by atoms with Crippen molar-refractivity contribution < 1.29 is 14.4 Å². The summed E-state index contributed by atoms with van der Waals surface area (Å²) in [5.41, 5.74) is 4.71. The van der Waals surface area contributed by atoms with Crippen molar-refractivity contribution >= 4 is 40.0 Å². The topological polar surface area (TPSA) is 85.5 Å². The third-order valence-corrected chi connectivity index (χ3v) is 5.92. The molecule has 152 valence electrons. The Labute approximate surface area is 173 Å². The standard InChI is InChI=1S/C23H22N4O3/c1-14(28)24-15-6-8-16(9-7-15)27-22(29)12-21(23(27)30)26-11-10-18-17-4-2-3-5-19(17)25-20(18)13-26/h2-9,21,25H,10-13H2,1H3,(H,24,28)/t21-/m1/s1. The zero-order chi connectivity index (χ0) is 20.8. The first kappa shape index (κ1) is 18.6. The van der Waals surface area contributed by atoms with Gasteiger partial charge in [-0.2, -0.15) is 0 Å². The van der Waals surface area contributed by atoms with E-state index in [9.17, 15) is 14.4 Å². The largest absolute Gasteiger partial charge is 0.357 e. The Balaban J connectivity index is 1.36. The van der Waals surface area contributed by atoms with E-state index in [1.807, 2.05) is 12.1 Å². The molecule has 5 rings (SSSR count). The number of aromatic nitrogens is 1. The van der Waals surface area contributed by atoms with Crippen molar-refractivity contribution in [3.05, 3.63) is 59.8 Å². The number of H-pyrrole nitrogens is 1. The van der Waals surface area contributed by atoms with Crippen LogP contribution < -0.4 is 10.2 Å². The average Bonchev–Trinajstić information content (AvgIpc) is 3.24. The average molecular weight is 402 g/mol. The van der Waals surface area contributed by atoms with Gasteiger partial charge in [-0.05, 0) is 42.3 Å². The number of nitrogens with one attached hydrogen (secondary N) is 2. The van der Waals surface area contributed by atoms with Gasteiger partial charge < -0.3 is 10.3 Å². The molecule has 1 aromatic heterocycles. The van der Waals surface area contributed by atoms with Gasteiger partial charge in [0.1, 0.15) is 0 Å². The highest BCUT2D eigenvalue weighted by molar-refractivity contribution is 6.22. The Morgan fingerprint density at radius 1 is 1.10 bits per heavy atom. The Morgan fingerprint density at radius 3 is 2.63 bits per heavy atom. The van der Waals surface area contributed by atoms with Crippen LogP contribution in [-0.4, -0.2) is 40.2 Å². The molecule has 0 bridgehead atoms. The normalized spacial score (nSPS) is 19.4. The lowest BCUT2D eigenvalue weighted by Crippen LogP contribution is -2.44. The lowest BCUT2D eigenvalue weighted by atomic mass is 10.0. The van der Waals surface area contributed by atoms with Crippen LogP contribution in [0.5, 0.6) is 0 Å². The Bertz CT molecular complexity index is 1160. The predicted octanol–water partition coefficient (Wildman–Crippen LogP) is 2.82. The lowest BCUT2D eigenvalue weighted by Gasteiger charge is -2.30. The zero-order valence-electron chi connectivity index (χ0n) is 16.6. The van der Waals surface area contributed by atoms with E-state index in [-0.39, 0.29) is 24.1 Å². The van der Waals surface area contributed by atoms with Gasteiger partial charge in [0.2, 0.25) is 11.8 Å². The first-order valence-electron chi connectivity index (χ1n) is 10.1. The van der Waals surface area contributed by atoms with Gasteiger partial charge in [-0.25, -0.2) is 4.90 Å². The van der Waals surface area contributed by atoms with Gasteiger partial charge in [0.25, 0.3) is 5.91 Å². The number of carbonyl (C=O) groups is 3. The van der Waals surface area contributed by atoms with Crippen LogP contribution in [0.3, 0.4) is 0 Å². The Morgan fingerprint density at radius 2 is 1.87 bits per heavy atom. The van der Waals surface area contributed by atoms with Crippen molar-refractivity contribution in [1.29, 1.82) is 0 Å². The number of rotatable bonds is 3. The maximum Gasteiger partial charge on any atom is 0.251 e. The van der Waals surface area contributed by atoms with Gasteiger partial charge in [0.15, 0.2) is 0 Å². The number of aromatic amines is 1. The summed E-state index contributed by atoms with van der Waals surface area (Å²) in [6.07, 6.45) is 1.03. The summed E-state index contributed by atoms with van der Waals surface area (Å²) in [4.78, 5) is 43.9. The van der Waals surface area contributed by atoms with Crippen LogP contribution in [0.2, 0.25) is 0 Å². The number of hydrogen-bond donors (Lipinski definition) is 2. The van der Waals surface area contributed by atoms with Crippen LogP contribution in [0.1, 0.15) is 24.6 Å². The number of imide groups is 1. The molecular formula is C23H22N4O3. The third kappa shape index (κ3) is 3.07. The number of fused-ring (bicyclic) bond motifs is 3. The van der Waals surface area contributed by atoms with Crippen molar-refractivity contribution in [1.82, 2.24) is 9.88 Å². The number of para-hydroxylation sites is 1. The van der Waals surface area contributed by atoms with Crippen LogP contribution in [0.15, 0.2) is 48.5 Å². The van der Waals surface area contributed by atoms with Crippen LogP contribution in [0.25, 0.3) is 10.9 Å². The van der Waals surface area contributed by atoms with Gasteiger partial charge in [-0.15, -0.1) is 0 Å². The molecule has 30 heavy (non-hydrogen) atoms. The Hall–Kier alpha value is -3.45. The maximum absolute atomic E-state index is 13.1. The molecule has 3 heterocycles. The highest BCUT2D eigenvalue weighted by atomic mass is 16.2. The summed E-state index contributed by atoms with van der Waals surface area (Å²) in [5.74, 6) is -0.552. The smallest absolute Gasteiger partial charge is 0.251 e. The second kappa shape index (κ2) is 7.11. The fourth-order valence-electron chi connectivity index (χ4n) is 4.55. The molecule has 0 spiro atoms. The molecule has 7 heteroatoms. The minimum atomic E-state index is -0.452. The molecule has 0 saturated carbocycles. The van der Waals surface area contributed by atoms with E-state index in [4.69, 9.17) is 0 Å². The summed E-state index contributed by atoms with van der Waals surface area (Å²) in [7, 11) is 0. The first-order valence-corrected chi connectivity index (χ1v) is 10.1. The van der Waals surface area contributed by atoms with Gasteiger partial charge >= 0.3 is 0 Å². The first-order chi connectivity index (χ1) is 14.5. The molecular weight excluding hydrogens is 380 g/mol. The van der Waals surface area contributed by atoms with Crippen molar-refractivity contribution in [2.75, 3.05) is 16.8 Å². The number of carbonyl (C=O) groups excluding carboxylic acids is 3. The van der Waals surface area contributed by atoms with E-state index in [1.165, 1.54) is 22.8 Å². The number of anilines is 2. The lowest BCUT2D eigenvalue weighted by molar-refractivity contribution is -0.123. The van der Waals surface area contributed by atoms with Gasteiger partial charge in [0, 0.05) is 42.3 Å². The minimum absolute atomic E-state index is 0.169. The fourth-order valence-corrected chi connectivity index (χ4v) is 4.55. The second-order valence-electron chi connectivity index (χ2n) is 7.86. The van der Waals surface area contributed by atoms with E-state index < -0.39 is 6.04 Å². The number of hydrogen-bond acceptors (Lipinski definition) is 4. The molecule has 2 aliphatic rings. The SMILES string of the molecule is CC(=O)Nc1ccc(N2C(=O)C[C@@H](N3CCc4c([nH]c5ccccc45)C3)C2=O)cc1. The molecule has 0 aliphatic carbocycles. The van der Waals surface area contributed by atoms with Crippen LogP contribution in [0, 0.1) is 0 Å². The molecule has 2 aliphatic heterocycles. The Kier molecular flexibility index (Phi) is 4.40. The van der Waals surface area contributed by atoms with Crippen LogP contribution >= 0.6 is 0 Å². The van der Waals surface area contributed by atoms with Gasteiger partial charge in [-0.1, -0.05) is 18.2 Å². The molecule has 2 N–H and O–H groups in total. The molecule has 7 nitrogen and oxygen atoms in total. The van der Waals surface area contributed by atoms with Crippen molar-refractivity contribution in [2.45, 2.75) is 32.4 Å². The molecule has 0 radical (unpaired) electrons. The molecule has 3 amide bonds. The molecule has 3 aromatic rings. The number of amides is 3. The van der Waals surface area contributed by atoms with E-state index in [2.05, 4.69) is 27.3 Å². The molecule has 2 aromatic carbocycles. The van der Waals surface area contributed by atoms with Crippen molar-refractivity contribution in [3.63, 3.8) is 0 Å². The highest BCUT2D eigenvalue weighted by Crippen LogP contribution is 2.32. The van der Waals surface area contributed by atoms with E-state index in [1.54, 1.807) is 24.3 Å². The summed E-state index contributed by atoms with van der Waals surface area (Å²) in [6, 6.07) is 14.6. The van der Waals surface area contributed by atoms with Crippen molar-refractivity contribution in [2.24, 2.45) is 0 Å². The van der Waals surface area contributed by atoms with Crippen molar-refractivity contribution in [3.8, 4) is 0 Å². The minimum Gasteiger partial charge on any atom is -0.357 e. The predicted molar refractivity (Wildman–Crippen MR) is 114 cm³/mol. The maximum atomic E-state index is 13.1. The van der Waals surface area contributed by atoms with E-state index in [0.717, 1.165) is 24.2 Å². The summed E-state index contributed by atoms with van der Waals surface area (Å²) >= 11 is 0. The molecule has 1 saturated heterocycles. The summed E-state index contributed by atoms with van der Waals surface area (Å²) < 4.78 is 0. The van der Waals surface area contributed by atoms with Gasteiger partial charge in [0.05, 0.1) is 18.2 Å². The van der Waals surface area contributed by atoms with E-state index >= 15 is 0 Å². The van der Waals surface area contributed by atoms with Crippen LogP contribution in [-0.2, 0) is 27.3 Å². The fraction of sp³-hybridized carbons (Fsp3) is 0.261. The number of nitrogens with zero attached hydrogens (tertiary/aromatic N) is 2. The summed E-state index contributed by atoms with van der Waals surface area (Å²) in [6.45, 7) is 2.81. The monoisotopic (exact) mass is 402 g/mol. The molecule has 1 atom stereocenters. The zero-order valence-corrected chi connectivity index (χ0v) is 16.6. The summed E-state index contributed by atoms with van der Waals surface area (Å²) in [5, 5.41) is 3.92. The quantitative estimate of drug-likeness (QED) is 0.660. The second-order valence-corrected chi connectivity index (χ2v) is 7.86. The van der Waals surface area contributed by atoms with E-state index in [0.29, 0.717) is 17.9 Å². The number of benzene rings is 2. The third-order valence-electron chi connectivity index (χ3n) is 5.92. The molecule has 0 unspecified atom stereocenters.